The molecule has 0 aliphatic carbocycles. The van der Waals surface area contributed by atoms with Crippen molar-refractivity contribution in [3.63, 3.8) is 0 Å². The van der Waals surface area contributed by atoms with Crippen molar-refractivity contribution in [2.75, 3.05) is 5.32 Å². The molecule has 0 aromatic heterocycles. The lowest BCUT2D eigenvalue weighted by atomic mass is 10.0. The van der Waals surface area contributed by atoms with Crippen LogP contribution in [0.15, 0.2) is 71.2 Å². The van der Waals surface area contributed by atoms with Crippen molar-refractivity contribution in [3.8, 4) is 0 Å². The Bertz CT molecular complexity index is 1050. The van der Waals surface area contributed by atoms with E-state index >= 15 is 0 Å². The first-order valence-corrected chi connectivity index (χ1v) is 11.2. The summed E-state index contributed by atoms with van der Waals surface area (Å²) in [5, 5.41) is 10.8. The number of hydrogen-bond acceptors (Lipinski definition) is 2. The molecule has 0 fully saturated rings. The van der Waals surface area contributed by atoms with Crippen molar-refractivity contribution in [2.45, 2.75) is 16.4 Å². The van der Waals surface area contributed by atoms with Crippen LogP contribution < -0.4 is 16.0 Å². The van der Waals surface area contributed by atoms with E-state index in [0.29, 0.717) is 0 Å². The second kappa shape index (κ2) is 10.2. The zero-order chi connectivity index (χ0) is 21.7. The Hall–Kier alpha value is -1.57. The lowest BCUT2D eigenvalue weighted by Gasteiger charge is -2.28. The third-order valence-corrected chi connectivity index (χ3v) is 5.64. The first-order chi connectivity index (χ1) is 14.2. The average molecular weight is 546 g/mol. The lowest BCUT2D eigenvalue weighted by molar-refractivity contribution is -0.121. The summed E-state index contributed by atoms with van der Waals surface area (Å²) >= 11 is 26.9. The van der Waals surface area contributed by atoms with Gasteiger partial charge in [0.2, 0.25) is 9.70 Å². The van der Waals surface area contributed by atoms with Gasteiger partial charge in [0, 0.05) is 10.2 Å². The van der Waals surface area contributed by atoms with Gasteiger partial charge in [0.15, 0.2) is 5.11 Å². The predicted molar refractivity (Wildman–Crippen MR) is 133 cm³/mol. The van der Waals surface area contributed by atoms with E-state index in [2.05, 4.69) is 31.9 Å². The number of anilines is 1. The SMILES string of the molecule is O=C(Cc1cccc2ccccc12)NC(NC(=S)Nc1ccc(Br)cc1)C(Cl)(Cl)Cl. The van der Waals surface area contributed by atoms with Gasteiger partial charge in [-0.1, -0.05) is 93.2 Å². The molecule has 1 amide bonds. The van der Waals surface area contributed by atoms with Gasteiger partial charge in [-0.3, -0.25) is 4.79 Å². The Labute approximate surface area is 203 Å². The van der Waals surface area contributed by atoms with Crippen molar-refractivity contribution in [1.82, 2.24) is 10.6 Å². The highest BCUT2D eigenvalue weighted by atomic mass is 79.9. The van der Waals surface area contributed by atoms with Crippen molar-refractivity contribution < 1.29 is 4.79 Å². The Kier molecular flexibility index (Phi) is 7.82. The molecule has 4 nitrogen and oxygen atoms in total. The molecule has 0 aliphatic rings. The lowest BCUT2D eigenvalue weighted by Crippen LogP contribution is -2.56. The topological polar surface area (TPSA) is 53.2 Å². The zero-order valence-corrected chi connectivity index (χ0v) is 20.1. The van der Waals surface area contributed by atoms with E-state index in [1.807, 2.05) is 66.7 Å². The number of thiocarbonyl (C=S) groups is 1. The standard InChI is InChI=1S/C21H17BrCl3N3OS/c22-15-8-10-16(11-9-15)26-20(30)28-19(21(23,24)25)27-18(29)12-14-6-3-5-13-4-1-2-7-17(13)14/h1-11,19H,12H2,(H,27,29)(H2,26,28,30). The maximum Gasteiger partial charge on any atom is 0.228 e. The maximum absolute atomic E-state index is 12.7. The molecule has 9 heteroatoms. The minimum Gasteiger partial charge on any atom is -0.339 e. The summed E-state index contributed by atoms with van der Waals surface area (Å²) in [6, 6.07) is 21.1. The summed E-state index contributed by atoms with van der Waals surface area (Å²) in [4.78, 5) is 12.7. The molecule has 0 heterocycles. The molecule has 0 saturated heterocycles. The highest BCUT2D eigenvalue weighted by molar-refractivity contribution is 9.10. The van der Waals surface area contributed by atoms with E-state index in [1.54, 1.807) is 0 Å². The van der Waals surface area contributed by atoms with Crippen LogP contribution in [0.1, 0.15) is 5.56 Å². The smallest absolute Gasteiger partial charge is 0.228 e. The molecule has 1 unspecified atom stereocenters. The first kappa shape index (κ1) is 23.1. The molecule has 0 aliphatic heterocycles. The fourth-order valence-corrected chi connectivity index (χ4v) is 3.69. The van der Waals surface area contributed by atoms with Gasteiger partial charge in [0.1, 0.15) is 6.17 Å². The van der Waals surface area contributed by atoms with Gasteiger partial charge in [0.25, 0.3) is 0 Å². The van der Waals surface area contributed by atoms with Crippen molar-refractivity contribution in [2.24, 2.45) is 0 Å². The number of alkyl halides is 3. The monoisotopic (exact) mass is 543 g/mol. The molecule has 0 radical (unpaired) electrons. The Morgan fingerprint density at radius 2 is 1.63 bits per heavy atom. The van der Waals surface area contributed by atoms with E-state index in [0.717, 1.165) is 26.5 Å². The largest absolute Gasteiger partial charge is 0.339 e. The second-order valence-electron chi connectivity index (χ2n) is 6.46. The third-order valence-electron chi connectivity index (χ3n) is 4.24. The summed E-state index contributed by atoms with van der Waals surface area (Å²) in [6.45, 7) is 0. The van der Waals surface area contributed by atoms with Crippen LogP contribution in [0.25, 0.3) is 10.8 Å². The van der Waals surface area contributed by atoms with E-state index in [1.165, 1.54) is 0 Å². The zero-order valence-electron chi connectivity index (χ0n) is 15.5. The van der Waals surface area contributed by atoms with Gasteiger partial charge in [-0.2, -0.15) is 0 Å². The fraction of sp³-hybridized carbons (Fsp3) is 0.143. The summed E-state index contributed by atoms with van der Waals surface area (Å²) in [5.74, 6) is -0.304. The van der Waals surface area contributed by atoms with Crippen molar-refractivity contribution >= 4 is 90.4 Å². The van der Waals surface area contributed by atoms with Gasteiger partial charge in [-0.05, 0) is 52.8 Å². The predicted octanol–water partition coefficient (Wildman–Crippen LogP) is 5.94. The highest BCUT2D eigenvalue weighted by Gasteiger charge is 2.34. The summed E-state index contributed by atoms with van der Waals surface area (Å²) in [5.41, 5.74) is 1.63. The van der Waals surface area contributed by atoms with Gasteiger partial charge in [-0.15, -0.1) is 0 Å². The van der Waals surface area contributed by atoms with Gasteiger partial charge in [-0.25, -0.2) is 0 Å². The van der Waals surface area contributed by atoms with Crippen LogP contribution in [0, 0.1) is 0 Å². The van der Waals surface area contributed by atoms with Crippen LogP contribution in [0.2, 0.25) is 0 Å². The molecule has 156 valence electrons. The highest BCUT2D eigenvalue weighted by Crippen LogP contribution is 2.29. The molecule has 0 saturated carbocycles. The number of carbonyl (C=O) groups excluding carboxylic acids is 1. The summed E-state index contributed by atoms with van der Waals surface area (Å²) in [7, 11) is 0. The second-order valence-corrected chi connectivity index (χ2v) is 10.2. The maximum atomic E-state index is 12.7. The molecular weight excluding hydrogens is 529 g/mol. The number of halogens is 4. The first-order valence-electron chi connectivity index (χ1n) is 8.88. The fourth-order valence-electron chi connectivity index (χ4n) is 2.86. The number of fused-ring (bicyclic) bond motifs is 1. The number of amides is 1. The summed E-state index contributed by atoms with van der Waals surface area (Å²) in [6.07, 6.45) is -0.895. The van der Waals surface area contributed by atoms with E-state index in [9.17, 15) is 4.79 Å². The molecule has 3 N–H and O–H groups in total. The van der Waals surface area contributed by atoms with E-state index in [-0.39, 0.29) is 17.4 Å². The summed E-state index contributed by atoms with van der Waals surface area (Å²) < 4.78 is -0.883. The quantitative estimate of drug-likeness (QED) is 0.211. The molecule has 0 spiro atoms. The van der Waals surface area contributed by atoms with Crippen LogP contribution >= 0.6 is 63.0 Å². The van der Waals surface area contributed by atoms with E-state index < -0.39 is 9.96 Å². The van der Waals surface area contributed by atoms with Crippen molar-refractivity contribution in [3.05, 3.63) is 76.8 Å². The minimum absolute atomic E-state index is 0.132. The number of benzene rings is 3. The van der Waals surface area contributed by atoms with Crippen LogP contribution in [0.4, 0.5) is 5.69 Å². The minimum atomic E-state index is -1.82. The van der Waals surface area contributed by atoms with Gasteiger partial charge >= 0.3 is 0 Å². The molecule has 0 bridgehead atoms. The third kappa shape index (κ3) is 6.46. The number of rotatable bonds is 5. The molecule has 1 atom stereocenters. The molecular formula is C21H17BrCl3N3OS. The molecule has 3 aromatic carbocycles. The Morgan fingerprint density at radius 1 is 0.967 bits per heavy atom. The van der Waals surface area contributed by atoms with Gasteiger partial charge in [0.05, 0.1) is 6.42 Å². The van der Waals surface area contributed by atoms with Crippen LogP contribution in [-0.4, -0.2) is 21.0 Å². The number of carbonyl (C=O) groups is 1. The normalized spacial score (nSPS) is 12.3. The number of hydrogen-bond donors (Lipinski definition) is 3. The Morgan fingerprint density at radius 3 is 2.33 bits per heavy atom. The molecule has 3 rings (SSSR count). The molecule has 3 aromatic rings. The van der Waals surface area contributed by atoms with Crippen molar-refractivity contribution in [1.29, 1.82) is 0 Å². The van der Waals surface area contributed by atoms with Crippen LogP contribution in [0.5, 0.6) is 0 Å². The van der Waals surface area contributed by atoms with Crippen LogP contribution in [0.3, 0.4) is 0 Å². The van der Waals surface area contributed by atoms with Crippen LogP contribution in [-0.2, 0) is 11.2 Å². The van der Waals surface area contributed by atoms with Gasteiger partial charge < -0.3 is 16.0 Å². The number of nitrogens with one attached hydrogen (secondary N) is 3. The average Bonchev–Trinajstić information content (AvgIpc) is 2.69. The van der Waals surface area contributed by atoms with E-state index in [4.69, 9.17) is 47.0 Å². The molecule has 30 heavy (non-hydrogen) atoms. The Balaban J connectivity index is 1.67.